The molecule has 0 radical (unpaired) electrons. The second-order valence-corrected chi connectivity index (χ2v) is 4.13. The third-order valence-corrected chi connectivity index (χ3v) is 3.13. The van der Waals surface area contributed by atoms with E-state index in [1.807, 2.05) is 12.1 Å². The van der Waals surface area contributed by atoms with Gasteiger partial charge in [-0.15, -0.1) is 0 Å². The molecule has 0 amide bonds. The smallest absolute Gasteiger partial charge is 0.0991 e. The predicted octanol–water partition coefficient (Wildman–Crippen LogP) is 2.08. The molecule has 0 atom stereocenters. The van der Waals surface area contributed by atoms with Gasteiger partial charge in [-0.2, -0.15) is 5.26 Å². The van der Waals surface area contributed by atoms with Crippen LogP contribution < -0.4 is 4.90 Å². The van der Waals surface area contributed by atoms with E-state index in [2.05, 4.69) is 17.0 Å². The van der Waals surface area contributed by atoms with E-state index in [1.54, 1.807) is 0 Å². The summed E-state index contributed by atoms with van der Waals surface area (Å²) in [6, 6.07) is 9.07. The van der Waals surface area contributed by atoms with E-state index in [4.69, 9.17) is 5.26 Å². The van der Waals surface area contributed by atoms with Crippen LogP contribution in [0.25, 0.3) is 0 Å². The fraction of sp³-hybridized carbons (Fsp3) is 0.417. The van der Waals surface area contributed by atoms with Gasteiger partial charge in [0.05, 0.1) is 11.6 Å². The van der Waals surface area contributed by atoms with Crippen LogP contribution in [0.1, 0.15) is 24.0 Å². The lowest BCUT2D eigenvalue weighted by molar-refractivity contribution is 0.831. The molecule has 1 aromatic rings. The molecule has 0 N–H and O–H groups in total. The molecule has 0 unspecified atom stereocenters. The molecular weight excluding hydrogens is 172 g/mol. The number of anilines is 1. The summed E-state index contributed by atoms with van der Waals surface area (Å²) in [7, 11) is 0. The first kappa shape index (κ1) is 7.87. The molecule has 70 valence electrons. The molecule has 1 aliphatic carbocycles. The van der Waals surface area contributed by atoms with Crippen molar-refractivity contribution < 1.29 is 0 Å². The van der Waals surface area contributed by atoms with Gasteiger partial charge in [0, 0.05) is 18.3 Å². The van der Waals surface area contributed by atoms with E-state index in [0.29, 0.717) is 0 Å². The molecule has 14 heavy (non-hydrogen) atoms. The number of hydrogen-bond donors (Lipinski definition) is 0. The van der Waals surface area contributed by atoms with Crippen LogP contribution in [0.2, 0.25) is 0 Å². The zero-order valence-corrected chi connectivity index (χ0v) is 8.03. The van der Waals surface area contributed by atoms with Gasteiger partial charge in [-0.25, -0.2) is 0 Å². The van der Waals surface area contributed by atoms with E-state index in [9.17, 15) is 0 Å². The summed E-state index contributed by atoms with van der Waals surface area (Å²) in [6.45, 7) is 1.15. The lowest BCUT2D eigenvalue weighted by Gasteiger charge is -2.18. The first-order chi connectivity index (χ1) is 6.88. The van der Waals surface area contributed by atoms with E-state index in [-0.39, 0.29) is 0 Å². The van der Waals surface area contributed by atoms with Crippen LogP contribution in [0.5, 0.6) is 0 Å². The van der Waals surface area contributed by atoms with Crippen LogP contribution in [0.4, 0.5) is 5.69 Å². The van der Waals surface area contributed by atoms with Crippen molar-refractivity contribution in [1.82, 2.24) is 0 Å². The number of nitriles is 1. The fourth-order valence-electron chi connectivity index (χ4n) is 2.26. The summed E-state index contributed by atoms with van der Waals surface area (Å²) in [4.78, 5) is 2.50. The zero-order chi connectivity index (χ0) is 9.54. The first-order valence-electron chi connectivity index (χ1n) is 5.18. The molecule has 0 saturated heterocycles. The Morgan fingerprint density at radius 1 is 1.36 bits per heavy atom. The van der Waals surface area contributed by atoms with Crippen molar-refractivity contribution in [2.75, 3.05) is 11.4 Å². The van der Waals surface area contributed by atoms with E-state index < -0.39 is 0 Å². The number of fused-ring (bicyclic) bond motifs is 1. The molecule has 1 aromatic carbocycles. The highest BCUT2D eigenvalue weighted by Gasteiger charge is 2.33. The summed E-state index contributed by atoms with van der Waals surface area (Å²) in [5, 5.41) is 8.79. The number of rotatable bonds is 1. The van der Waals surface area contributed by atoms with Gasteiger partial charge in [-0.05, 0) is 43.0 Å². The van der Waals surface area contributed by atoms with Crippen LogP contribution in [0.15, 0.2) is 18.2 Å². The van der Waals surface area contributed by atoms with Crippen molar-refractivity contribution >= 4 is 5.69 Å². The van der Waals surface area contributed by atoms with Gasteiger partial charge in [0.2, 0.25) is 0 Å². The number of nitrogens with zero attached hydrogens (tertiary/aromatic N) is 2. The van der Waals surface area contributed by atoms with E-state index >= 15 is 0 Å². The lowest BCUT2D eigenvalue weighted by atomic mass is 10.1. The first-order valence-corrected chi connectivity index (χ1v) is 5.18. The molecule has 1 saturated carbocycles. The molecule has 3 rings (SSSR count). The van der Waals surface area contributed by atoms with Crippen LogP contribution in [-0.2, 0) is 6.42 Å². The third-order valence-electron chi connectivity index (χ3n) is 3.13. The maximum Gasteiger partial charge on any atom is 0.0991 e. The Labute approximate surface area is 83.8 Å². The van der Waals surface area contributed by atoms with Gasteiger partial charge in [0.1, 0.15) is 0 Å². The largest absolute Gasteiger partial charge is 0.368 e. The normalized spacial score (nSPS) is 19.2. The molecule has 2 heteroatoms. The Morgan fingerprint density at radius 2 is 2.21 bits per heavy atom. The van der Waals surface area contributed by atoms with Crippen LogP contribution in [0.3, 0.4) is 0 Å². The second kappa shape index (κ2) is 2.75. The van der Waals surface area contributed by atoms with Gasteiger partial charge >= 0.3 is 0 Å². The summed E-state index contributed by atoms with van der Waals surface area (Å²) >= 11 is 0. The predicted molar refractivity (Wildman–Crippen MR) is 55.2 cm³/mol. The van der Waals surface area contributed by atoms with Crippen molar-refractivity contribution in [3.8, 4) is 6.07 Å². The van der Waals surface area contributed by atoms with Gasteiger partial charge in [0.25, 0.3) is 0 Å². The Kier molecular flexibility index (Phi) is 1.55. The van der Waals surface area contributed by atoms with Crippen molar-refractivity contribution in [2.24, 2.45) is 0 Å². The molecule has 0 aromatic heterocycles. The highest BCUT2D eigenvalue weighted by atomic mass is 15.2. The van der Waals surface area contributed by atoms with Crippen LogP contribution in [0, 0.1) is 11.3 Å². The van der Waals surface area contributed by atoms with Gasteiger partial charge in [-0.3, -0.25) is 0 Å². The Bertz CT molecular complexity index is 413. The summed E-state index contributed by atoms with van der Waals surface area (Å²) in [5.41, 5.74) is 3.52. The lowest BCUT2D eigenvalue weighted by Crippen LogP contribution is -2.22. The minimum Gasteiger partial charge on any atom is -0.368 e. The average Bonchev–Trinajstić information content (AvgIpc) is 2.98. The number of benzene rings is 1. The van der Waals surface area contributed by atoms with E-state index in [1.165, 1.54) is 24.1 Å². The van der Waals surface area contributed by atoms with Crippen LogP contribution in [-0.4, -0.2) is 12.6 Å². The minimum atomic E-state index is 0.793. The van der Waals surface area contributed by atoms with Gasteiger partial charge in [-0.1, -0.05) is 0 Å². The van der Waals surface area contributed by atoms with Crippen molar-refractivity contribution in [2.45, 2.75) is 25.3 Å². The Hall–Kier alpha value is -1.49. The molecular formula is C12H12N2. The van der Waals surface area contributed by atoms with Crippen LogP contribution >= 0.6 is 0 Å². The Morgan fingerprint density at radius 3 is 2.93 bits per heavy atom. The number of hydrogen-bond acceptors (Lipinski definition) is 2. The molecule has 1 fully saturated rings. The van der Waals surface area contributed by atoms with E-state index in [0.717, 1.165) is 24.6 Å². The maximum absolute atomic E-state index is 8.79. The molecule has 0 spiro atoms. The fourth-order valence-corrected chi connectivity index (χ4v) is 2.26. The topological polar surface area (TPSA) is 27.0 Å². The summed E-state index contributed by atoms with van der Waals surface area (Å²) < 4.78 is 0. The third kappa shape index (κ3) is 1.09. The summed E-state index contributed by atoms with van der Waals surface area (Å²) in [6.07, 6.45) is 3.81. The van der Waals surface area contributed by atoms with Crippen molar-refractivity contribution in [3.63, 3.8) is 0 Å². The Balaban J connectivity index is 2.00. The maximum atomic E-state index is 8.79. The average molecular weight is 184 g/mol. The molecule has 2 nitrogen and oxygen atoms in total. The van der Waals surface area contributed by atoms with Crippen molar-refractivity contribution in [3.05, 3.63) is 29.3 Å². The molecule has 2 aliphatic rings. The van der Waals surface area contributed by atoms with Crippen molar-refractivity contribution in [1.29, 1.82) is 5.26 Å². The standard InChI is InChI=1S/C12H12N2/c13-8-9-1-4-12-10(7-9)5-6-14(12)11-2-3-11/h1,4,7,11H,2-3,5-6H2. The highest BCUT2D eigenvalue weighted by Crippen LogP contribution is 2.37. The monoisotopic (exact) mass is 184 g/mol. The SMILES string of the molecule is N#Cc1ccc2c(c1)CCN2C1CC1. The summed E-state index contributed by atoms with van der Waals surface area (Å²) in [5.74, 6) is 0. The molecule has 1 heterocycles. The zero-order valence-electron chi connectivity index (χ0n) is 8.03. The highest BCUT2D eigenvalue weighted by molar-refractivity contribution is 5.61. The quantitative estimate of drug-likeness (QED) is 0.668. The second-order valence-electron chi connectivity index (χ2n) is 4.13. The van der Waals surface area contributed by atoms with Gasteiger partial charge < -0.3 is 4.90 Å². The minimum absolute atomic E-state index is 0.793. The molecule has 1 aliphatic heterocycles. The van der Waals surface area contributed by atoms with Gasteiger partial charge in [0.15, 0.2) is 0 Å². The molecule has 0 bridgehead atoms.